The van der Waals surface area contributed by atoms with Crippen LogP contribution >= 0.6 is 0 Å². The second kappa shape index (κ2) is 9.17. The van der Waals surface area contributed by atoms with Crippen molar-refractivity contribution in [3.8, 4) is 0 Å². The number of nitrogens with zero attached hydrogens (tertiary/aromatic N) is 3. The number of hydrazone groups is 1. The van der Waals surface area contributed by atoms with Crippen LogP contribution in [0.25, 0.3) is 0 Å². The summed E-state index contributed by atoms with van der Waals surface area (Å²) in [5.74, 6) is 0. The smallest absolute Gasteiger partial charge is 0.272 e. The van der Waals surface area contributed by atoms with Crippen molar-refractivity contribution in [2.24, 2.45) is 5.10 Å². The number of non-ortho nitro benzene ring substituents is 1. The van der Waals surface area contributed by atoms with E-state index >= 15 is 0 Å². The van der Waals surface area contributed by atoms with Gasteiger partial charge in [0.1, 0.15) is 5.69 Å². The molecule has 0 aliphatic heterocycles. The average molecular weight is 418 g/mol. The predicted octanol–water partition coefficient (Wildman–Crippen LogP) is 5.69. The number of anilines is 1. The number of benzene rings is 3. The van der Waals surface area contributed by atoms with Crippen molar-refractivity contribution in [3.05, 3.63) is 110 Å². The van der Waals surface area contributed by atoms with Crippen molar-refractivity contribution in [3.63, 3.8) is 0 Å². The summed E-state index contributed by atoms with van der Waals surface area (Å²) < 4.78 is 0. The van der Waals surface area contributed by atoms with Crippen LogP contribution in [0.15, 0.2) is 84.0 Å². The number of nitro benzene ring substituents is 2. The maximum Gasteiger partial charge on any atom is 0.301 e. The SMILES string of the molecule is CCC(/C(C)=N\Nc1ccc([N+](=O)[O-])cc1[N+](=O)[O-])(c1ccccc1)c1ccccc1. The lowest BCUT2D eigenvalue weighted by Gasteiger charge is -2.34. The highest BCUT2D eigenvalue weighted by molar-refractivity contribution is 5.97. The Bertz CT molecular complexity index is 1080. The third-order valence-corrected chi connectivity index (χ3v) is 5.41. The van der Waals surface area contributed by atoms with E-state index in [-0.39, 0.29) is 11.4 Å². The zero-order valence-electron chi connectivity index (χ0n) is 17.2. The molecular formula is C23H22N4O4. The van der Waals surface area contributed by atoms with E-state index in [2.05, 4.69) is 17.5 Å². The minimum absolute atomic E-state index is 0.0843. The second-order valence-corrected chi connectivity index (χ2v) is 7.02. The summed E-state index contributed by atoms with van der Waals surface area (Å²) in [7, 11) is 0. The van der Waals surface area contributed by atoms with E-state index in [0.29, 0.717) is 12.1 Å². The van der Waals surface area contributed by atoms with Crippen molar-refractivity contribution in [2.45, 2.75) is 25.7 Å². The number of nitrogens with one attached hydrogen (secondary N) is 1. The molecule has 1 N–H and O–H groups in total. The van der Waals surface area contributed by atoms with E-state index in [1.165, 1.54) is 12.1 Å². The molecular weight excluding hydrogens is 396 g/mol. The van der Waals surface area contributed by atoms with Crippen molar-refractivity contribution >= 4 is 22.8 Å². The molecule has 0 unspecified atom stereocenters. The first kappa shape index (κ1) is 21.6. The van der Waals surface area contributed by atoms with Crippen LogP contribution < -0.4 is 5.43 Å². The standard InChI is InChI=1S/C23H22N4O4/c1-3-23(18-10-6-4-7-11-18,19-12-8-5-9-13-19)17(2)24-25-21-15-14-20(26(28)29)16-22(21)27(30)31/h4-16,25H,3H2,1-2H3/b24-17-. The third kappa shape index (κ3) is 4.28. The minimum Gasteiger partial charge on any atom is -0.272 e. The summed E-state index contributed by atoms with van der Waals surface area (Å²) in [5, 5.41) is 26.9. The summed E-state index contributed by atoms with van der Waals surface area (Å²) in [4.78, 5) is 21.1. The average Bonchev–Trinajstić information content (AvgIpc) is 2.79. The molecule has 3 rings (SSSR count). The minimum atomic E-state index is -0.668. The van der Waals surface area contributed by atoms with Crippen LogP contribution in [0.3, 0.4) is 0 Å². The zero-order valence-corrected chi connectivity index (χ0v) is 17.2. The van der Waals surface area contributed by atoms with Gasteiger partial charge in [-0.1, -0.05) is 67.6 Å². The largest absolute Gasteiger partial charge is 0.301 e. The number of rotatable bonds is 8. The fourth-order valence-corrected chi connectivity index (χ4v) is 3.81. The van der Waals surface area contributed by atoms with Crippen LogP contribution in [0.4, 0.5) is 17.1 Å². The Balaban J connectivity index is 2.08. The lowest BCUT2D eigenvalue weighted by Crippen LogP contribution is -2.35. The molecule has 158 valence electrons. The first-order valence-electron chi connectivity index (χ1n) is 9.74. The van der Waals surface area contributed by atoms with Gasteiger partial charge in [-0.05, 0) is 30.5 Å². The van der Waals surface area contributed by atoms with E-state index in [1.807, 2.05) is 67.6 Å². The normalized spacial score (nSPS) is 11.7. The molecule has 8 heteroatoms. The molecule has 0 aromatic heterocycles. The molecule has 0 bridgehead atoms. The molecule has 0 aliphatic rings. The Morgan fingerprint density at radius 2 is 1.45 bits per heavy atom. The first-order valence-corrected chi connectivity index (χ1v) is 9.74. The molecule has 3 aromatic carbocycles. The Morgan fingerprint density at radius 1 is 0.903 bits per heavy atom. The predicted molar refractivity (Wildman–Crippen MR) is 120 cm³/mol. The van der Waals surface area contributed by atoms with Crippen molar-refractivity contribution in [1.29, 1.82) is 0 Å². The van der Waals surface area contributed by atoms with Crippen molar-refractivity contribution in [1.82, 2.24) is 0 Å². The van der Waals surface area contributed by atoms with Gasteiger partial charge in [-0.15, -0.1) is 0 Å². The fraction of sp³-hybridized carbons (Fsp3) is 0.174. The topological polar surface area (TPSA) is 111 Å². The molecule has 0 amide bonds. The van der Waals surface area contributed by atoms with Gasteiger partial charge >= 0.3 is 5.69 Å². The summed E-state index contributed by atoms with van der Waals surface area (Å²) >= 11 is 0. The quantitative estimate of drug-likeness (QED) is 0.287. The molecule has 0 saturated carbocycles. The van der Waals surface area contributed by atoms with E-state index in [9.17, 15) is 20.2 Å². The van der Waals surface area contributed by atoms with E-state index in [0.717, 1.165) is 17.2 Å². The lowest BCUT2D eigenvalue weighted by molar-refractivity contribution is -0.393. The zero-order chi connectivity index (χ0) is 22.4. The number of nitro groups is 2. The van der Waals surface area contributed by atoms with Crippen LogP contribution in [0.2, 0.25) is 0 Å². The maximum absolute atomic E-state index is 11.4. The molecule has 0 aliphatic carbocycles. The second-order valence-electron chi connectivity index (χ2n) is 7.02. The van der Waals surface area contributed by atoms with Gasteiger partial charge in [-0.2, -0.15) is 5.10 Å². The number of hydrogen-bond donors (Lipinski definition) is 1. The van der Waals surface area contributed by atoms with Gasteiger partial charge < -0.3 is 0 Å². The highest BCUT2D eigenvalue weighted by Gasteiger charge is 2.36. The van der Waals surface area contributed by atoms with Crippen LogP contribution in [-0.4, -0.2) is 15.6 Å². The first-order chi connectivity index (χ1) is 14.9. The van der Waals surface area contributed by atoms with Gasteiger partial charge in [-0.3, -0.25) is 25.7 Å². The van der Waals surface area contributed by atoms with Crippen LogP contribution in [0.5, 0.6) is 0 Å². The molecule has 31 heavy (non-hydrogen) atoms. The molecule has 0 spiro atoms. The highest BCUT2D eigenvalue weighted by atomic mass is 16.6. The van der Waals surface area contributed by atoms with Gasteiger partial charge in [0.25, 0.3) is 5.69 Å². The molecule has 3 aromatic rings. The van der Waals surface area contributed by atoms with E-state index in [1.54, 1.807) is 0 Å². The van der Waals surface area contributed by atoms with Gasteiger partial charge in [0, 0.05) is 6.07 Å². The molecule has 0 fully saturated rings. The highest BCUT2D eigenvalue weighted by Crippen LogP contribution is 2.37. The van der Waals surface area contributed by atoms with Crippen LogP contribution in [0, 0.1) is 20.2 Å². The monoisotopic (exact) mass is 418 g/mol. The van der Waals surface area contributed by atoms with E-state index < -0.39 is 20.9 Å². The van der Waals surface area contributed by atoms with Gasteiger partial charge in [0.15, 0.2) is 0 Å². The van der Waals surface area contributed by atoms with Gasteiger partial charge in [-0.25, -0.2) is 0 Å². The Morgan fingerprint density at radius 3 is 1.90 bits per heavy atom. The summed E-state index contributed by atoms with van der Waals surface area (Å²) in [5.41, 5.74) is 4.34. The Labute approximate surface area is 179 Å². The van der Waals surface area contributed by atoms with Crippen LogP contribution in [-0.2, 0) is 5.41 Å². The van der Waals surface area contributed by atoms with Gasteiger partial charge in [0.2, 0.25) is 0 Å². The summed E-state index contributed by atoms with van der Waals surface area (Å²) in [6, 6.07) is 23.3. The van der Waals surface area contributed by atoms with Crippen LogP contribution in [0.1, 0.15) is 31.4 Å². The molecule has 0 atom stereocenters. The molecule has 0 heterocycles. The molecule has 8 nitrogen and oxygen atoms in total. The molecule has 0 saturated heterocycles. The third-order valence-electron chi connectivity index (χ3n) is 5.41. The van der Waals surface area contributed by atoms with E-state index in [4.69, 9.17) is 0 Å². The lowest BCUT2D eigenvalue weighted by atomic mass is 9.69. The molecule has 0 radical (unpaired) electrons. The van der Waals surface area contributed by atoms with Crippen molar-refractivity contribution < 1.29 is 9.85 Å². The maximum atomic E-state index is 11.4. The Kier molecular flexibility index (Phi) is 6.40. The number of hydrogen-bond acceptors (Lipinski definition) is 6. The fourth-order valence-electron chi connectivity index (χ4n) is 3.81. The Hall–Kier alpha value is -4.07. The summed E-state index contributed by atoms with van der Waals surface area (Å²) in [6.07, 6.45) is 0.709. The van der Waals surface area contributed by atoms with Crippen molar-refractivity contribution in [2.75, 3.05) is 5.43 Å². The van der Waals surface area contributed by atoms with Gasteiger partial charge in [0.05, 0.1) is 27.0 Å². The summed E-state index contributed by atoms with van der Waals surface area (Å²) in [6.45, 7) is 3.93.